The second kappa shape index (κ2) is 9.33. The normalized spacial score (nSPS) is 11.8. The standard InChI is InChI=1S/C28H27NO4/c1-17(2)32-28(30)21-6-10-22(11-7-21)29-24-16-25(20-8-12-23(31-5)13-9-20)33-26-15-18(3)14-19(4)27(24)26/h6-17H,1-5H3. The Balaban J connectivity index is 1.84. The molecule has 0 amide bonds. The van der Waals surface area contributed by atoms with E-state index in [0.717, 1.165) is 44.5 Å². The van der Waals surface area contributed by atoms with E-state index in [9.17, 15) is 4.79 Å². The van der Waals surface area contributed by atoms with E-state index < -0.39 is 0 Å². The summed E-state index contributed by atoms with van der Waals surface area (Å²) in [5.74, 6) is 1.16. The van der Waals surface area contributed by atoms with Crippen LogP contribution in [0.3, 0.4) is 0 Å². The summed E-state index contributed by atoms with van der Waals surface area (Å²) in [6.07, 6.45) is -0.163. The summed E-state index contributed by atoms with van der Waals surface area (Å²) in [5.41, 5.74) is 5.16. The first kappa shape index (κ1) is 22.3. The van der Waals surface area contributed by atoms with E-state index in [0.29, 0.717) is 11.3 Å². The van der Waals surface area contributed by atoms with Gasteiger partial charge in [-0.15, -0.1) is 0 Å². The monoisotopic (exact) mass is 441 g/mol. The van der Waals surface area contributed by atoms with Crippen LogP contribution < -0.4 is 10.1 Å². The van der Waals surface area contributed by atoms with Gasteiger partial charge in [0.2, 0.25) is 0 Å². The van der Waals surface area contributed by atoms with Crippen molar-refractivity contribution in [3.05, 3.63) is 88.8 Å². The highest BCUT2D eigenvalue weighted by Gasteiger charge is 2.11. The average molecular weight is 442 g/mol. The highest BCUT2D eigenvalue weighted by molar-refractivity contribution is 5.90. The van der Waals surface area contributed by atoms with Crippen molar-refractivity contribution in [2.75, 3.05) is 7.11 Å². The molecule has 1 aromatic heterocycles. The van der Waals surface area contributed by atoms with Crippen LogP contribution >= 0.6 is 0 Å². The molecule has 33 heavy (non-hydrogen) atoms. The Labute approximate surface area is 193 Å². The molecule has 0 aliphatic carbocycles. The third-order valence-corrected chi connectivity index (χ3v) is 5.26. The predicted molar refractivity (Wildman–Crippen MR) is 130 cm³/mol. The van der Waals surface area contributed by atoms with Crippen LogP contribution in [0.1, 0.15) is 35.3 Å². The third kappa shape index (κ3) is 4.98. The van der Waals surface area contributed by atoms with Crippen LogP contribution in [0.25, 0.3) is 22.3 Å². The number of carbonyl (C=O) groups excluding carboxylic acids is 1. The minimum atomic E-state index is -0.339. The number of benzene rings is 3. The second-order valence-electron chi connectivity index (χ2n) is 8.29. The molecule has 0 spiro atoms. The summed E-state index contributed by atoms with van der Waals surface area (Å²) in [6.45, 7) is 7.77. The molecule has 0 N–H and O–H groups in total. The summed E-state index contributed by atoms with van der Waals surface area (Å²) in [7, 11) is 1.64. The van der Waals surface area contributed by atoms with Crippen LogP contribution in [0.2, 0.25) is 0 Å². The van der Waals surface area contributed by atoms with Crippen molar-refractivity contribution >= 4 is 22.6 Å². The molecule has 0 bridgehead atoms. The Morgan fingerprint density at radius 2 is 1.64 bits per heavy atom. The van der Waals surface area contributed by atoms with Gasteiger partial charge >= 0.3 is 5.97 Å². The molecule has 0 saturated carbocycles. The molecular weight excluding hydrogens is 414 g/mol. The molecule has 4 rings (SSSR count). The number of nitrogens with zero attached hydrogens (tertiary/aromatic N) is 1. The van der Waals surface area contributed by atoms with E-state index in [1.54, 1.807) is 19.2 Å². The van der Waals surface area contributed by atoms with E-state index >= 15 is 0 Å². The van der Waals surface area contributed by atoms with Gasteiger partial charge in [0, 0.05) is 17.0 Å². The lowest BCUT2D eigenvalue weighted by molar-refractivity contribution is 0.0378. The van der Waals surface area contributed by atoms with Gasteiger partial charge in [-0.25, -0.2) is 9.79 Å². The zero-order chi connectivity index (χ0) is 23.5. The molecule has 1 heterocycles. The smallest absolute Gasteiger partial charge is 0.338 e. The van der Waals surface area contributed by atoms with Crippen LogP contribution in [-0.4, -0.2) is 19.2 Å². The topological polar surface area (TPSA) is 61.0 Å². The predicted octanol–water partition coefficient (Wildman–Crippen LogP) is 6.52. The summed E-state index contributed by atoms with van der Waals surface area (Å²) in [6, 6.07) is 21.0. The zero-order valence-electron chi connectivity index (χ0n) is 19.5. The van der Waals surface area contributed by atoms with Gasteiger partial charge in [0.25, 0.3) is 0 Å². The van der Waals surface area contributed by atoms with Crippen LogP contribution in [0, 0.1) is 13.8 Å². The Morgan fingerprint density at radius 1 is 0.939 bits per heavy atom. The van der Waals surface area contributed by atoms with Gasteiger partial charge in [-0.1, -0.05) is 6.07 Å². The molecular formula is C28H27NO4. The van der Waals surface area contributed by atoms with Crippen LogP contribution in [0.5, 0.6) is 5.75 Å². The number of rotatable bonds is 5. The van der Waals surface area contributed by atoms with Gasteiger partial charge in [-0.2, -0.15) is 0 Å². The van der Waals surface area contributed by atoms with Crippen LogP contribution in [-0.2, 0) is 4.74 Å². The first-order valence-electron chi connectivity index (χ1n) is 10.9. The third-order valence-electron chi connectivity index (χ3n) is 5.26. The van der Waals surface area contributed by atoms with Crippen LogP contribution in [0.15, 0.2) is 76.1 Å². The van der Waals surface area contributed by atoms with Gasteiger partial charge in [0.05, 0.1) is 29.8 Å². The highest BCUT2D eigenvalue weighted by atomic mass is 16.5. The molecule has 5 heteroatoms. The van der Waals surface area contributed by atoms with Crippen molar-refractivity contribution < 1.29 is 18.7 Å². The van der Waals surface area contributed by atoms with Crippen molar-refractivity contribution in [2.24, 2.45) is 4.99 Å². The summed E-state index contributed by atoms with van der Waals surface area (Å²) < 4.78 is 16.8. The van der Waals surface area contributed by atoms with E-state index in [4.69, 9.17) is 18.9 Å². The molecule has 168 valence electrons. The lowest BCUT2D eigenvalue weighted by atomic mass is 10.0. The molecule has 0 fully saturated rings. The van der Waals surface area contributed by atoms with Gasteiger partial charge in [-0.05, 0) is 93.4 Å². The lowest BCUT2D eigenvalue weighted by Crippen LogP contribution is -2.11. The quantitative estimate of drug-likeness (QED) is 0.331. The largest absolute Gasteiger partial charge is 0.497 e. The first-order valence-corrected chi connectivity index (χ1v) is 10.9. The number of methoxy groups -OCH3 is 1. The van der Waals surface area contributed by atoms with Crippen molar-refractivity contribution in [1.82, 2.24) is 0 Å². The van der Waals surface area contributed by atoms with Gasteiger partial charge in [0.1, 0.15) is 17.1 Å². The Hall–Kier alpha value is -3.86. The van der Waals surface area contributed by atoms with Crippen LogP contribution in [0.4, 0.5) is 5.69 Å². The zero-order valence-corrected chi connectivity index (χ0v) is 19.5. The molecule has 0 saturated heterocycles. The number of esters is 1. The van der Waals surface area contributed by atoms with E-state index in [1.807, 2.05) is 69.3 Å². The fraction of sp³-hybridized carbons (Fsp3) is 0.214. The molecule has 5 nitrogen and oxygen atoms in total. The first-order chi connectivity index (χ1) is 15.8. The molecule has 0 aliphatic heterocycles. The Kier molecular flexibility index (Phi) is 6.31. The summed E-state index contributed by atoms with van der Waals surface area (Å²) in [4.78, 5) is 17.1. The Bertz CT molecular complexity index is 1360. The van der Waals surface area contributed by atoms with E-state index in [2.05, 4.69) is 13.0 Å². The fourth-order valence-electron chi connectivity index (χ4n) is 3.76. The average Bonchev–Trinajstić information content (AvgIpc) is 2.78. The van der Waals surface area contributed by atoms with Gasteiger partial charge < -0.3 is 13.9 Å². The molecule has 3 aromatic carbocycles. The van der Waals surface area contributed by atoms with E-state index in [-0.39, 0.29) is 12.1 Å². The van der Waals surface area contributed by atoms with E-state index in [1.165, 1.54) is 0 Å². The maximum absolute atomic E-state index is 12.1. The number of hydrogen-bond donors (Lipinski definition) is 0. The number of ether oxygens (including phenoxy) is 2. The summed E-state index contributed by atoms with van der Waals surface area (Å²) >= 11 is 0. The van der Waals surface area contributed by atoms with Crippen molar-refractivity contribution in [3.63, 3.8) is 0 Å². The highest BCUT2D eigenvalue weighted by Crippen LogP contribution is 2.27. The lowest BCUT2D eigenvalue weighted by Gasteiger charge is -2.09. The van der Waals surface area contributed by atoms with Gasteiger partial charge in [-0.3, -0.25) is 0 Å². The Morgan fingerprint density at radius 3 is 2.27 bits per heavy atom. The number of hydrogen-bond acceptors (Lipinski definition) is 5. The fourth-order valence-corrected chi connectivity index (χ4v) is 3.76. The summed E-state index contributed by atoms with van der Waals surface area (Å²) in [5, 5.41) is 1.76. The maximum Gasteiger partial charge on any atom is 0.338 e. The molecule has 0 aliphatic rings. The van der Waals surface area contributed by atoms with Crippen molar-refractivity contribution in [2.45, 2.75) is 33.8 Å². The SMILES string of the molecule is COc1ccc(-c2cc(=Nc3ccc(C(=O)OC(C)C)cc3)c3c(C)cc(C)cc3o2)cc1. The molecule has 0 atom stereocenters. The maximum atomic E-state index is 12.1. The van der Waals surface area contributed by atoms with Gasteiger partial charge in [0.15, 0.2) is 0 Å². The van der Waals surface area contributed by atoms with Crippen molar-refractivity contribution in [1.29, 1.82) is 0 Å². The van der Waals surface area contributed by atoms with Crippen molar-refractivity contribution in [3.8, 4) is 17.1 Å². The minimum Gasteiger partial charge on any atom is -0.497 e. The number of fused-ring (bicyclic) bond motifs is 1. The minimum absolute atomic E-state index is 0.163. The number of carbonyl (C=O) groups is 1. The molecule has 0 radical (unpaired) electrons. The second-order valence-corrected chi connectivity index (χ2v) is 8.29. The molecule has 0 unspecified atom stereocenters. The molecule has 4 aromatic rings. The number of aryl methyl sites for hydroxylation is 2.